The minimum atomic E-state index is -0.529. The Labute approximate surface area is 103 Å². The second kappa shape index (κ2) is 5.39. The molecule has 0 aliphatic heterocycles. The molecular formula is C12H13FN4O. The van der Waals surface area contributed by atoms with Crippen LogP contribution in [0.1, 0.15) is 29.8 Å². The van der Waals surface area contributed by atoms with Gasteiger partial charge in [0.15, 0.2) is 0 Å². The van der Waals surface area contributed by atoms with Gasteiger partial charge >= 0.3 is 0 Å². The Bertz CT molecular complexity index is 553. The molecule has 0 spiro atoms. The van der Waals surface area contributed by atoms with Crippen LogP contribution in [0.2, 0.25) is 0 Å². The third kappa shape index (κ3) is 2.71. The number of halogens is 1. The number of benzene rings is 1. The largest absolute Gasteiger partial charge is 0.317 e. The summed E-state index contributed by atoms with van der Waals surface area (Å²) in [6.07, 6.45) is 1.63. The third-order valence-electron chi connectivity index (χ3n) is 2.34. The average molecular weight is 248 g/mol. The van der Waals surface area contributed by atoms with Crippen molar-refractivity contribution in [2.24, 2.45) is 0 Å². The molecule has 2 aromatic rings. The number of nitrogens with one attached hydrogen (secondary N) is 2. The van der Waals surface area contributed by atoms with Gasteiger partial charge in [0.25, 0.3) is 5.91 Å². The number of aromatic nitrogens is 3. The summed E-state index contributed by atoms with van der Waals surface area (Å²) in [6.45, 7) is 2.00. The average Bonchev–Trinajstić information content (AvgIpc) is 2.81. The van der Waals surface area contributed by atoms with Crippen LogP contribution < -0.4 is 5.32 Å². The molecule has 0 saturated heterocycles. The molecular weight excluding hydrogens is 235 g/mol. The summed E-state index contributed by atoms with van der Waals surface area (Å²) >= 11 is 0. The maximum Gasteiger partial charge on any atom is 0.295 e. The topological polar surface area (TPSA) is 70.7 Å². The number of aryl methyl sites for hydroxylation is 1. The van der Waals surface area contributed by atoms with Gasteiger partial charge in [-0.3, -0.25) is 9.89 Å². The number of carbonyl (C=O) groups is 1. The van der Waals surface area contributed by atoms with Crippen LogP contribution in [0.5, 0.6) is 0 Å². The van der Waals surface area contributed by atoms with Crippen molar-refractivity contribution in [3.05, 3.63) is 41.7 Å². The van der Waals surface area contributed by atoms with Gasteiger partial charge in [0.1, 0.15) is 11.6 Å². The van der Waals surface area contributed by atoms with E-state index in [1.165, 1.54) is 12.1 Å². The fourth-order valence-corrected chi connectivity index (χ4v) is 1.49. The molecule has 0 saturated carbocycles. The van der Waals surface area contributed by atoms with E-state index in [0.717, 1.165) is 12.8 Å². The number of hydrogen-bond donors (Lipinski definition) is 2. The summed E-state index contributed by atoms with van der Waals surface area (Å²) in [5.74, 6) is -0.355. The lowest BCUT2D eigenvalue weighted by atomic mass is 10.3. The maximum absolute atomic E-state index is 13.3. The number of rotatable bonds is 4. The standard InChI is InChI=1S/C12H13FN4O/c1-2-5-10-15-11(17-16-10)12(18)14-9-7-4-3-6-8(9)13/h3-4,6-7H,2,5H2,1H3,(H,14,18)(H,15,16,17). The number of aromatic amines is 1. The number of carbonyl (C=O) groups excluding carboxylic acids is 1. The highest BCUT2D eigenvalue weighted by Crippen LogP contribution is 2.13. The van der Waals surface area contributed by atoms with Crippen molar-refractivity contribution < 1.29 is 9.18 Å². The molecule has 18 heavy (non-hydrogen) atoms. The number of hydrogen-bond acceptors (Lipinski definition) is 3. The number of anilines is 1. The van der Waals surface area contributed by atoms with Crippen LogP contribution >= 0.6 is 0 Å². The summed E-state index contributed by atoms with van der Waals surface area (Å²) in [5.41, 5.74) is 0.115. The van der Waals surface area contributed by atoms with Crippen LogP contribution in [-0.2, 0) is 6.42 Å². The first kappa shape index (κ1) is 12.2. The molecule has 5 nitrogen and oxygen atoms in total. The zero-order valence-electron chi connectivity index (χ0n) is 9.90. The van der Waals surface area contributed by atoms with Crippen molar-refractivity contribution in [3.63, 3.8) is 0 Å². The van der Waals surface area contributed by atoms with Gasteiger partial charge in [-0.05, 0) is 18.6 Å². The highest BCUT2D eigenvalue weighted by Gasteiger charge is 2.13. The van der Waals surface area contributed by atoms with Crippen molar-refractivity contribution in [1.82, 2.24) is 15.2 Å². The lowest BCUT2D eigenvalue weighted by Crippen LogP contribution is -2.14. The minimum Gasteiger partial charge on any atom is -0.317 e. The van der Waals surface area contributed by atoms with Gasteiger partial charge in [-0.1, -0.05) is 19.1 Å². The van der Waals surface area contributed by atoms with E-state index in [1.54, 1.807) is 12.1 Å². The van der Waals surface area contributed by atoms with E-state index in [2.05, 4.69) is 20.5 Å². The summed E-state index contributed by atoms with van der Waals surface area (Å²) in [4.78, 5) is 15.8. The third-order valence-corrected chi connectivity index (χ3v) is 2.34. The summed E-state index contributed by atoms with van der Waals surface area (Å²) in [7, 11) is 0. The Kier molecular flexibility index (Phi) is 3.66. The van der Waals surface area contributed by atoms with Gasteiger partial charge in [-0.15, -0.1) is 5.10 Å². The molecule has 1 aromatic heterocycles. The van der Waals surface area contributed by atoms with Crippen molar-refractivity contribution in [3.8, 4) is 0 Å². The molecule has 94 valence electrons. The number of H-pyrrole nitrogens is 1. The number of nitrogens with zero attached hydrogens (tertiary/aromatic N) is 2. The second-order valence-corrected chi connectivity index (χ2v) is 3.79. The van der Waals surface area contributed by atoms with Crippen molar-refractivity contribution in [2.75, 3.05) is 5.32 Å². The van der Waals surface area contributed by atoms with Gasteiger partial charge < -0.3 is 5.32 Å². The van der Waals surface area contributed by atoms with Crippen molar-refractivity contribution in [1.29, 1.82) is 0 Å². The fourth-order valence-electron chi connectivity index (χ4n) is 1.49. The van der Waals surface area contributed by atoms with Crippen LogP contribution in [-0.4, -0.2) is 21.1 Å². The van der Waals surface area contributed by atoms with E-state index in [4.69, 9.17) is 0 Å². The molecule has 0 aliphatic carbocycles. The molecule has 0 aliphatic rings. The SMILES string of the molecule is CCCc1nc(C(=O)Nc2ccccc2F)n[nH]1. The van der Waals surface area contributed by atoms with Gasteiger partial charge in [0, 0.05) is 6.42 Å². The molecule has 1 aromatic carbocycles. The molecule has 2 N–H and O–H groups in total. The number of amides is 1. The van der Waals surface area contributed by atoms with E-state index in [0.29, 0.717) is 5.82 Å². The Hall–Kier alpha value is -2.24. The molecule has 1 amide bonds. The van der Waals surface area contributed by atoms with Crippen LogP contribution in [0, 0.1) is 5.82 Å². The summed E-state index contributed by atoms with van der Waals surface area (Å²) < 4.78 is 13.3. The van der Waals surface area contributed by atoms with Crippen LogP contribution in [0.15, 0.2) is 24.3 Å². The molecule has 0 unspecified atom stereocenters. The molecule has 2 rings (SSSR count). The predicted octanol–water partition coefficient (Wildman–Crippen LogP) is 2.15. The first-order chi connectivity index (χ1) is 8.70. The Morgan fingerprint density at radius 1 is 1.44 bits per heavy atom. The van der Waals surface area contributed by atoms with Gasteiger partial charge in [-0.2, -0.15) is 0 Å². The molecule has 0 bridgehead atoms. The predicted molar refractivity (Wildman–Crippen MR) is 64.7 cm³/mol. The molecule has 0 radical (unpaired) electrons. The van der Waals surface area contributed by atoms with E-state index < -0.39 is 11.7 Å². The van der Waals surface area contributed by atoms with E-state index in [1.807, 2.05) is 6.92 Å². The van der Waals surface area contributed by atoms with Crippen LogP contribution in [0.3, 0.4) is 0 Å². The maximum atomic E-state index is 13.3. The number of para-hydroxylation sites is 1. The highest BCUT2D eigenvalue weighted by atomic mass is 19.1. The van der Waals surface area contributed by atoms with Crippen molar-refractivity contribution >= 4 is 11.6 Å². The van der Waals surface area contributed by atoms with Gasteiger partial charge in [0.05, 0.1) is 5.69 Å². The molecule has 0 atom stereocenters. The summed E-state index contributed by atoms with van der Waals surface area (Å²) in [6, 6.07) is 5.94. The summed E-state index contributed by atoms with van der Waals surface area (Å²) in [5, 5.41) is 8.89. The molecule has 6 heteroatoms. The fraction of sp³-hybridized carbons (Fsp3) is 0.250. The smallest absolute Gasteiger partial charge is 0.295 e. The highest BCUT2D eigenvalue weighted by molar-refractivity contribution is 6.01. The molecule has 1 heterocycles. The van der Waals surface area contributed by atoms with E-state index in [9.17, 15) is 9.18 Å². The zero-order valence-corrected chi connectivity index (χ0v) is 9.90. The van der Waals surface area contributed by atoms with Crippen molar-refractivity contribution in [2.45, 2.75) is 19.8 Å². The van der Waals surface area contributed by atoms with Gasteiger partial charge in [0.2, 0.25) is 5.82 Å². The second-order valence-electron chi connectivity index (χ2n) is 3.79. The molecule has 0 fully saturated rings. The monoisotopic (exact) mass is 248 g/mol. The Balaban J connectivity index is 2.10. The first-order valence-corrected chi connectivity index (χ1v) is 5.68. The lowest BCUT2D eigenvalue weighted by molar-refractivity contribution is 0.101. The van der Waals surface area contributed by atoms with E-state index in [-0.39, 0.29) is 11.5 Å². The van der Waals surface area contributed by atoms with Crippen LogP contribution in [0.4, 0.5) is 10.1 Å². The quantitative estimate of drug-likeness (QED) is 0.870. The Morgan fingerprint density at radius 3 is 2.94 bits per heavy atom. The van der Waals surface area contributed by atoms with Gasteiger partial charge in [-0.25, -0.2) is 9.37 Å². The van der Waals surface area contributed by atoms with Crippen LogP contribution in [0.25, 0.3) is 0 Å². The Morgan fingerprint density at radius 2 is 2.22 bits per heavy atom. The lowest BCUT2D eigenvalue weighted by Gasteiger charge is -2.02. The normalized spacial score (nSPS) is 10.3. The van der Waals surface area contributed by atoms with E-state index >= 15 is 0 Å². The first-order valence-electron chi connectivity index (χ1n) is 5.68. The minimum absolute atomic E-state index is 0.0155. The zero-order chi connectivity index (χ0) is 13.0.